The minimum atomic E-state index is -1.02. The Labute approximate surface area is 156 Å². The van der Waals surface area contributed by atoms with Gasteiger partial charge in [0.1, 0.15) is 5.69 Å². The molecule has 2 aromatic carbocycles. The smallest absolute Gasteiger partial charge is 0.356 e. The number of carbonyl (C=O) groups excluding carboxylic acids is 2. The number of hydrogen-bond acceptors (Lipinski definition) is 3. The fourth-order valence-corrected chi connectivity index (χ4v) is 3.16. The Balaban J connectivity index is 1.73. The number of aryl methyl sites for hydroxylation is 1. The summed E-state index contributed by atoms with van der Waals surface area (Å²) in [6.45, 7) is 0. The van der Waals surface area contributed by atoms with E-state index in [1.165, 1.54) is 0 Å². The van der Waals surface area contributed by atoms with Gasteiger partial charge in [0.15, 0.2) is 6.10 Å². The van der Waals surface area contributed by atoms with Crippen molar-refractivity contribution in [2.24, 2.45) is 7.05 Å². The number of nitrogens with one attached hydrogen (secondary N) is 1. The lowest BCUT2D eigenvalue weighted by atomic mass is 9.99. The van der Waals surface area contributed by atoms with Crippen molar-refractivity contribution in [2.45, 2.75) is 6.10 Å². The highest BCUT2D eigenvalue weighted by Gasteiger charge is 2.29. The van der Waals surface area contributed by atoms with E-state index in [4.69, 9.17) is 4.74 Å². The molecule has 134 valence electrons. The molecule has 5 nitrogen and oxygen atoms in total. The van der Waals surface area contributed by atoms with Crippen molar-refractivity contribution in [3.8, 4) is 0 Å². The molecule has 0 fully saturated rings. The summed E-state index contributed by atoms with van der Waals surface area (Å²) in [7, 11) is 1.76. The minimum absolute atomic E-state index is 0.263. The number of carbonyl (C=O) groups is 2. The molecule has 27 heavy (non-hydrogen) atoms. The van der Waals surface area contributed by atoms with Gasteiger partial charge in [-0.2, -0.15) is 0 Å². The van der Waals surface area contributed by atoms with Crippen molar-refractivity contribution in [1.82, 2.24) is 9.55 Å². The van der Waals surface area contributed by atoms with Crippen LogP contribution >= 0.6 is 0 Å². The molecule has 0 aliphatic heterocycles. The lowest BCUT2D eigenvalue weighted by Crippen LogP contribution is -2.21. The number of nitrogens with zero attached hydrogens (tertiary/aromatic N) is 1. The lowest BCUT2D eigenvalue weighted by Gasteiger charge is -2.17. The predicted octanol–water partition coefficient (Wildman–Crippen LogP) is 4.29. The van der Waals surface area contributed by atoms with Gasteiger partial charge in [-0.1, -0.05) is 48.5 Å². The van der Waals surface area contributed by atoms with Crippen LogP contribution in [0, 0.1) is 0 Å². The molecule has 0 radical (unpaired) electrons. The zero-order chi connectivity index (χ0) is 18.8. The Morgan fingerprint density at radius 2 is 1.70 bits per heavy atom. The third-order valence-corrected chi connectivity index (χ3v) is 4.57. The number of Topliss-reactive ketones (excluding diaryl/α,β-unsaturated/α-hetero) is 1. The third-order valence-electron chi connectivity index (χ3n) is 4.57. The minimum Gasteiger partial charge on any atom is -0.444 e. The van der Waals surface area contributed by atoms with Crippen molar-refractivity contribution >= 4 is 22.7 Å². The molecule has 2 heterocycles. The van der Waals surface area contributed by atoms with Crippen molar-refractivity contribution in [2.75, 3.05) is 0 Å². The Kier molecular flexibility index (Phi) is 4.34. The predicted molar refractivity (Wildman–Crippen MR) is 103 cm³/mol. The zero-order valence-corrected chi connectivity index (χ0v) is 14.8. The number of para-hydroxylation sites is 1. The monoisotopic (exact) mass is 358 g/mol. The first kappa shape index (κ1) is 16.8. The number of ketones is 1. The number of rotatable bonds is 5. The first-order chi connectivity index (χ1) is 13.1. The second-order valence-corrected chi connectivity index (χ2v) is 6.31. The van der Waals surface area contributed by atoms with Gasteiger partial charge in [-0.3, -0.25) is 4.79 Å². The van der Waals surface area contributed by atoms with E-state index in [1.807, 2.05) is 42.5 Å². The van der Waals surface area contributed by atoms with E-state index in [0.29, 0.717) is 16.8 Å². The molecule has 2 aromatic heterocycles. The van der Waals surface area contributed by atoms with E-state index < -0.39 is 12.1 Å². The van der Waals surface area contributed by atoms with Crippen LogP contribution in [-0.4, -0.2) is 21.3 Å². The van der Waals surface area contributed by atoms with Crippen LogP contribution in [0.3, 0.4) is 0 Å². The van der Waals surface area contributed by atoms with Gasteiger partial charge in [0.25, 0.3) is 0 Å². The first-order valence-corrected chi connectivity index (χ1v) is 8.63. The van der Waals surface area contributed by atoms with Crippen LogP contribution in [0.1, 0.15) is 32.5 Å². The van der Waals surface area contributed by atoms with E-state index in [1.54, 1.807) is 48.3 Å². The molecule has 1 unspecified atom stereocenters. The molecule has 0 bridgehead atoms. The van der Waals surface area contributed by atoms with Gasteiger partial charge >= 0.3 is 5.97 Å². The number of ether oxygens (including phenoxy) is 1. The van der Waals surface area contributed by atoms with Crippen LogP contribution in [0.5, 0.6) is 0 Å². The van der Waals surface area contributed by atoms with Crippen LogP contribution in [0.15, 0.2) is 79.1 Å². The third kappa shape index (κ3) is 3.15. The van der Waals surface area contributed by atoms with E-state index >= 15 is 0 Å². The zero-order valence-electron chi connectivity index (χ0n) is 14.8. The summed E-state index contributed by atoms with van der Waals surface area (Å²) in [6, 6.07) is 20.1. The maximum atomic E-state index is 13.3. The molecule has 4 aromatic rings. The summed E-state index contributed by atoms with van der Waals surface area (Å²) >= 11 is 0. The normalized spacial score (nSPS) is 12.0. The van der Waals surface area contributed by atoms with Crippen LogP contribution in [-0.2, 0) is 11.8 Å². The highest BCUT2D eigenvalue weighted by Crippen LogP contribution is 2.28. The molecule has 0 saturated carbocycles. The average molecular weight is 358 g/mol. The molecule has 0 amide bonds. The van der Waals surface area contributed by atoms with Gasteiger partial charge in [-0.05, 0) is 18.2 Å². The van der Waals surface area contributed by atoms with E-state index in [9.17, 15) is 9.59 Å². The van der Waals surface area contributed by atoms with Gasteiger partial charge in [0.2, 0.25) is 5.78 Å². The second-order valence-electron chi connectivity index (χ2n) is 6.31. The number of aromatic amines is 1. The molecular weight excluding hydrogens is 340 g/mol. The van der Waals surface area contributed by atoms with Crippen molar-refractivity contribution < 1.29 is 14.3 Å². The van der Waals surface area contributed by atoms with Crippen LogP contribution in [0.25, 0.3) is 10.9 Å². The molecule has 5 heteroatoms. The summed E-state index contributed by atoms with van der Waals surface area (Å²) in [6.07, 6.45) is 2.40. The number of esters is 1. The Morgan fingerprint density at radius 3 is 2.44 bits per heavy atom. The molecule has 4 rings (SSSR count). The number of benzene rings is 2. The van der Waals surface area contributed by atoms with Gasteiger partial charge in [0.05, 0.1) is 0 Å². The fourth-order valence-electron chi connectivity index (χ4n) is 3.16. The maximum Gasteiger partial charge on any atom is 0.356 e. The Morgan fingerprint density at radius 1 is 0.963 bits per heavy atom. The number of aromatic nitrogens is 2. The maximum absolute atomic E-state index is 13.3. The van der Waals surface area contributed by atoms with Gasteiger partial charge in [-0.15, -0.1) is 0 Å². The summed E-state index contributed by atoms with van der Waals surface area (Å²) in [4.78, 5) is 29.1. The number of H-pyrrole nitrogens is 1. The Hall–Kier alpha value is -3.60. The number of fused-ring (bicyclic) bond motifs is 1. The summed E-state index contributed by atoms with van der Waals surface area (Å²) in [5.41, 5.74) is 2.39. The first-order valence-electron chi connectivity index (χ1n) is 8.63. The lowest BCUT2D eigenvalue weighted by molar-refractivity contribution is 0.0271. The highest BCUT2D eigenvalue weighted by molar-refractivity contribution is 6.10. The van der Waals surface area contributed by atoms with E-state index in [2.05, 4.69) is 4.98 Å². The molecule has 0 spiro atoms. The van der Waals surface area contributed by atoms with Crippen molar-refractivity contribution in [3.63, 3.8) is 0 Å². The van der Waals surface area contributed by atoms with Gasteiger partial charge in [0, 0.05) is 41.5 Å². The SMILES string of the molecule is Cn1cccc1C(=O)OC(C(=O)c1c[nH]c2ccccc12)c1ccccc1. The summed E-state index contributed by atoms with van der Waals surface area (Å²) in [5.74, 6) is -0.800. The molecule has 0 saturated heterocycles. The standard InChI is InChI=1S/C22H18N2O3/c1-24-13-7-12-19(24)22(26)27-21(15-8-3-2-4-9-15)20(25)17-14-23-18-11-6-5-10-16(17)18/h2-14,21,23H,1H3. The fraction of sp³-hybridized carbons (Fsp3) is 0.0909. The van der Waals surface area contributed by atoms with Gasteiger partial charge < -0.3 is 14.3 Å². The van der Waals surface area contributed by atoms with Crippen LogP contribution < -0.4 is 0 Å². The topological polar surface area (TPSA) is 64.1 Å². The highest BCUT2D eigenvalue weighted by atomic mass is 16.5. The average Bonchev–Trinajstić information content (AvgIpc) is 3.32. The molecule has 0 aliphatic carbocycles. The molecule has 1 N–H and O–H groups in total. The van der Waals surface area contributed by atoms with Crippen molar-refractivity contribution in [3.05, 3.63) is 95.9 Å². The van der Waals surface area contributed by atoms with Crippen molar-refractivity contribution in [1.29, 1.82) is 0 Å². The largest absolute Gasteiger partial charge is 0.444 e. The Bertz CT molecular complexity index is 1110. The second kappa shape index (κ2) is 6.96. The van der Waals surface area contributed by atoms with Crippen LogP contribution in [0.4, 0.5) is 0 Å². The molecule has 1 atom stereocenters. The van der Waals surface area contributed by atoms with E-state index in [0.717, 1.165) is 10.9 Å². The quantitative estimate of drug-likeness (QED) is 0.428. The summed E-state index contributed by atoms with van der Waals surface area (Å²) < 4.78 is 7.34. The summed E-state index contributed by atoms with van der Waals surface area (Å²) in [5, 5.41) is 0.804. The molecule has 0 aliphatic rings. The number of hydrogen-bond donors (Lipinski definition) is 1. The van der Waals surface area contributed by atoms with Gasteiger partial charge in [-0.25, -0.2) is 4.79 Å². The molecular formula is C22H18N2O3. The van der Waals surface area contributed by atoms with Crippen LogP contribution in [0.2, 0.25) is 0 Å². The van der Waals surface area contributed by atoms with E-state index in [-0.39, 0.29) is 5.78 Å².